The first-order valence-electron chi connectivity index (χ1n) is 6.17. The van der Waals surface area contributed by atoms with Crippen LogP contribution in [0.2, 0.25) is 25.1 Å². The van der Waals surface area contributed by atoms with Crippen LogP contribution >= 0.6 is 58.0 Å². The summed E-state index contributed by atoms with van der Waals surface area (Å²) in [4.78, 5) is 11.4. The molecule has 0 atom stereocenters. The Bertz CT molecular complexity index is 771. The van der Waals surface area contributed by atoms with Crippen molar-refractivity contribution in [2.45, 2.75) is 13.3 Å². The van der Waals surface area contributed by atoms with E-state index in [1.807, 2.05) is 6.92 Å². The lowest BCUT2D eigenvalue weighted by atomic mass is 9.98. The second-order valence-corrected chi connectivity index (χ2v) is 6.46. The zero-order chi connectivity index (χ0) is 16.6. The van der Waals surface area contributed by atoms with Crippen molar-refractivity contribution in [3.63, 3.8) is 0 Å². The first kappa shape index (κ1) is 17.7. The van der Waals surface area contributed by atoms with Gasteiger partial charge in [-0.15, -0.1) is 0 Å². The topological polar surface area (TPSA) is 37.3 Å². The third kappa shape index (κ3) is 3.17. The van der Waals surface area contributed by atoms with Gasteiger partial charge in [0.25, 0.3) is 0 Å². The first-order valence-corrected chi connectivity index (χ1v) is 8.06. The average molecular weight is 399 g/mol. The van der Waals surface area contributed by atoms with Crippen LogP contribution in [0.1, 0.15) is 22.8 Å². The zero-order valence-corrected chi connectivity index (χ0v) is 15.0. The molecule has 2 rings (SSSR count). The van der Waals surface area contributed by atoms with Gasteiger partial charge in [0.05, 0.1) is 30.7 Å². The molecule has 0 aliphatic carbocycles. The van der Waals surface area contributed by atoms with E-state index in [2.05, 4.69) is 0 Å². The molecule has 22 heavy (non-hydrogen) atoms. The second-order valence-electron chi connectivity index (χ2n) is 4.48. The van der Waals surface area contributed by atoms with E-state index in [0.717, 1.165) is 0 Å². The smallest absolute Gasteiger partial charge is 0.337 e. The highest BCUT2D eigenvalue weighted by atomic mass is 35.5. The summed E-state index contributed by atoms with van der Waals surface area (Å²) in [6.07, 6.45) is 0.477. The van der Waals surface area contributed by atoms with Crippen LogP contribution in [0.3, 0.4) is 0 Å². The summed E-state index contributed by atoms with van der Waals surface area (Å²) < 4.78 is 0. The molecule has 0 radical (unpaired) electrons. The van der Waals surface area contributed by atoms with Gasteiger partial charge >= 0.3 is 5.97 Å². The molecule has 0 aliphatic heterocycles. The Labute approximate surface area is 152 Å². The van der Waals surface area contributed by atoms with Crippen LogP contribution in [0.15, 0.2) is 18.2 Å². The molecule has 0 aliphatic rings. The summed E-state index contributed by atoms with van der Waals surface area (Å²) in [7, 11) is 0. The van der Waals surface area contributed by atoms with E-state index < -0.39 is 5.97 Å². The van der Waals surface area contributed by atoms with Gasteiger partial charge in [-0.1, -0.05) is 64.9 Å². The average Bonchev–Trinajstić information content (AvgIpc) is 2.44. The highest BCUT2D eigenvalue weighted by Crippen LogP contribution is 2.42. The maximum atomic E-state index is 11.4. The van der Waals surface area contributed by atoms with Crippen LogP contribution in [0, 0.1) is 0 Å². The minimum atomic E-state index is -1.14. The van der Waals surface area contributed by atoms with Crippen LogP contribution in [0.4, 0.5) is 0 Å². The van der Waals surface area contributed by atoms with E-state index in [-0.39, 0.29) is 10.6 Å². The third-order valence-electron chi connectivity index (χ3n) is 3.18. The summed E-state index contributed by atoms with van der Waals surface area (Å²) in [5, 5.41) is 10.7. The van der Waals surface area contributed by atoms with Crippen LogP contribution in [0.5, 0.6) is 0 Å². The maximum absolute atomic E-state index is 11.4. The molecule has 0 heterocycles. The van der Waals surface area contributed by atoms with Gasteiger partial charge in [-0.25, -0.2) is 4.79 Å². The maximum Gasteiger partial charge on any atom is 0.337 e. The van der Waals surface area contributed by atoms with E-state index >= 15 is 0 Å². The number of carboxylic acid groups (broad SMARTS) is 1. The fourth-order valence-electron chi connectivity index (χ4n) is 2.08. The van der Waals surface area contributed by atoms with Crippen molar-refractivity contribution in [3.05, 3.63) is 54.4 Å². The predicted octanol–water partition coefficient (Wildman–Crippen LogP) is 6.88. The number of benzene rings is 2. The van der Waals surface area contributed by atoms with E-state index in [9.17, 15) is 9.90 Å². The Morgan fingerprint density at radius 1 is 0.909 bits per heavy atom. The van der Waals surface area contributed by atoms with Crippen molar-refractivity contribution in [3.8, 4) is 11.1 Å². The largest absolute Gasteiger partial charge is 0.478 e. The summed E-state index contributed by atoms with van der Waals surface area (Å²) in [6, 6.07) is 4.42. The lowest BCUT2D eigenvalue weighted by Gasteiger charge is -2.15. The van der Waals surface area contributed by atoms with Crippen molar-refractivity contribution < 1.29 is 9.90 Å². The molecule has 0 unspecified atom stereocenters. The highest BCUT2D eigenvalue weighted by Gasteiger charge is 2.21. The molecule has 2 aromatic rings. The Morgan fingerprint density at radius 3 is 2.05 bits per heavy atom. The van der Waals surface area contributed by atoms with Gasteiger partial charge in [0.2, 0.25) is 0 Å². The number of hydrogen-bond acceptors (Lipinski definition) is 1. The molecule has 116 valence electrons. The lowest BCUT2D eigenvalue weighted by molar-refractivity contribution is 0.0697. The molecular weight excluding hydrogens is 389 g/mol. The van der Waals surface area contributed by atoms with Gasteiger partial charge in [-0.3, -0.25) is 0 Å². The minimum Gasteiger partial charge on any atom is -0.478 e. The van der Waals surface area contributed by atoms with Crippen molar-refractivity contribution in [1.82, 2.24) is 0 Å². The number of carbonyl (C=O) groups is 1. The summed E-state index contributed by atoms with van der Waals surface area (Å²) >= 11 is 30.6. The lowest BCUT2D eigenvalue weighted by Crippen LogP contribution is -2.02. The highest BCUT2D eigenvalue weighted by molar-refractivity contribution is 6.44. The van der Waals surface area contributed by atoms with E-state index in [4.69, 9.17) is 58.0 Å². The zero-order valence-electron chi connectivity index (χ0n) is 11.2. The molecule has 7 heteroatoms. The quantitative estimate of drug-likeness (QED) is 0.572. The summed E-state index contributed by atoms with van der Waals surface area (Å²) in [6.45, 7) is 1.83. The monoisotopic (exact) mass is 396 g/mol. The van der Waals surface area contributed by atoms with E-state index in [1.165, 1.54) is 12.1 Å². The molecule has 0 saturated carbocycles. The Kier molecular flexibility index (Phi) is 5.52. The van der Waals surface area contributed by atoms with Gasteiger partial charge in [-0.2, -0.15) is 0 Å². The molecule has 2 nitrogen and oxygen atoms in total. The van der Waals surface area contributed by atoms with Crippen LogP contribution in [0.25, 0.3) is 11.1 Å². The second kappa shape index (κ2) is 6.86. The van der Waals surface area contributed by atoms with Crippen molar-refractivity contribution in [2.24, 2.45) is 0 Å². The molecule has 0 spiro atoms. The first-order chi connectivity index (χ1) is 10.3. The molecule has 1 N–H and O–H groups in total. The SMILES string of the molecule is CCc1c(Cl)c(C(=O)O)cc(-c2cc(Cl)c(Cl)cc2Cl)c1Cl. The molecule has 0 bridgehead atoms. The fourth-order valence-corrected chi connectivity index (χ4v) is 3.53. The fraction of sp³-hybridized carbons (Fsp3) is 0.133. The number of halogens is 5. The number of aromatic carboxylic acids is 1. The standard InChI is InChI=1S/C15H9Cl5O2/c1-2-6-13(19)8(3-9(14(6)20)15(21)22)7-4-11(17)12(18)5-10(7)16/h3-5H,2H2,1H3,(H,21,22). The molecular formula is C15H9Cl5O2. The van der Waals surface area contributed by atoms with Crippen molar-refractivity contribution in [1.29, 1.82) is 0 Å². The molecule has 2 aromatic carbocycles. The van der Waals surface area contributed by atoms with Crippen LogP contribution in [-0.2, 0) is 6.42 Å². The van der Waals surface area contributed by atoms with E-state index in [1.54, 1.807) is 6.07 Å². The molecule has 0 amide bonds. The number of rotatable bonds is 3. The number of carboxylic acids is 1. The van der Waals surface area contributed by atoms with Gasteiger partial charge in [0.15, 0.2) is 0 Å². The van der Waals surface area contributed by atoms with Gasteiger partial charge in [-0.05, 0) is 30.2 Å². The Hall–Kier alpha value is -0.640. The Balaban J connectivity index is 2.84. The number of hydrogen-bond donors (Lipinski definition) is 1. The van der Waals surface area contributed by atoms with Crippen molar-refractivity contribution in [2.75, 3.05) is 0 Å². The van der Waals surface area contributed by atoms with Gasteiger partial charge in [0.1, 0.15) is 0 Å². The van der Waals surface area contributed by atoms with Gasteiger partial charge < -0.3 is 5.11 Å². The van der Waals surface area contributed by atoms with Crippen LogP contribution in [-0.4, -0.2) is 11.1 Å². The molecule has 0 fully saturated rings. The van der Waals surface area contributed by atoms with Crippen LogP contribution < -0.4 is 0 Å². The Morgan fingerprint density at radius 2 is 1.50 bits per heavy atom. The normalized spacial score (nSPS) is 10.8. The van der Waals surface area contributed by atoms with E-state index in [0.29, 0.717) is 43.2 Å². The summed E-state index contributed by atoms with van der Waals surface area (Å²) in [5.41, 5.74) is 1.44. The molecule has 0 aromatic heterocycles. The minimum absolute atomic E-state index is 0.0416. The summed E-state index contributed by atoms with van der Waals surface area (Å²) in [5.74, 6) is -1.14. The third-order valence-corrected chi connectivity index (χ3v) is 5.07. The van der Waals surface area contributed by atoms with Gasteiger partial charge in [0, 0.05) is 11.1 Å². The van der Waals surface area contributed by atoms with Crippen molar-refractivity contribution >= 4 is 64.0 Å². The molecule has 0 saturated heterocycles. The predicted molar refractivity (Wildman–Crippen MR) is 93.3 cm³/mol.